The second-order valence-corrected chi connectivity index (χ2v) is 4.90. The van der Waals surface area contributed by atoms with Crippen LogP contribution in [-0.2, 0) is 9.53 Å². The van der Waals surface area contributed by atoms with Gasteiger partial charge in [-0.3, -0.25) is 4.79 Å². The maximum Gasteiger partial charge on any atom is 0.267 e. The van der Waals surface area contributed by atoms with Crippen molar-refractivity contribution in [1.82, 2.24) is 5.32 Å². The Bertz CT molecular complexity index is 569. The highest BCUT2D eigenvalue weighted by atomic mass is 16.5. The Morgan fingerprint density at radius 3 is 2.86 bits per heavy atom. The van der Waals surface area contributed by atoms with Crippen molar-refractivity contribution < 1.29 is 14.3 Å². The molecular weight excluding hydrogens is 282 g/mol. The zero-order chi connectivity index (χ0) is 15.8. The molecule has 1 aliphatic heterocycles. The minimum Gasteiger partial charge on any atom is -0.497 e. The third kappa shape index (κ3) is 4.50. The maximum atomic E-state index is 12.0. The number of methoxy groups -OCH3 is 1. The van der Waals surface area contributed by atoms with Gasteiger partial charge in [-0.05, 0) is 37.1 Å². The van der Waals surface area contributed by atoms with Crippen LogP contribution in [0, 0.1) is 11.3 Å². The third-order valence-electron chi connectivity index (χ3n) is 3.33. The number of nitrogens with one attached hydrogen (secondary N) is 2. The molecule has 0 aromatic heterocycles. The molecule has 6 nitrogen and oxygen atoms in total. The quantitative estimate of drug-likeness (QED) is 0.618. The molecule has 0 saturated carbocycles. The van der Waals surface area contributed by atoms with E-state index in [0.717, 1.165) is 19.4 Å². The number of nitriles is 1. The molecular formula is C16H19N3O3. The van der Waals surface area contributed by atoms with Crippen LogP contribution in [0.5, 0.6) is 5.75 Å². The van der Waals surface area contributed by atoms with Crippen molar-refractivity contribution >= 4 is 11.6 Å². The average Bonchev–Trinajstić information content (AvgIpc) is 3.05. The van der Waals surface area contributed by atoms with Gasteiger partial charge in [0.05, 0.1) is 13.2 Å². The van der Waals surface area contributed by atoms with Crippen LogP contribution in [0.2, 0.25) is 0 Å². The molecule has 1 amide bonds. The van der Waals surface area contributed by atoms with Crippen LogP contribution in [0.15, 0.2) is 36.0 Å². The topological polar surface area (TPSA) is 83.4 Å². The summed E-state index contributed by atoms with van der Waals surface area (Å²) in [6.07, 6.45) is 3.64. The highest BCUT2D eigenvalue weighted by Gasteiger charge is 2.15. The molecule has 0 bridgehead atoms. The minimum absolute atomic E-state index is 0.0221. The molecule has 0 spiro atoms. The lowest BCUT2D eigenvalue weighted by atomic mass is 10.2. The minimum atomic E-state index is -0.451. The van der Waals surface area contributed by atoms with Crippen LogP contribution >= 0.6 is 0 Å². The van der Waals surface area contributed by atoms with E-state index < -0.39 is 5.91 Å². The monoisotopic (exact) mass is 301 g/mol. The van der Waals surface area contributed by atoms with Gasteiger partial charge >= 0.3 is 0 Å². The van der Waals surface area contributed by atoms with E-state index in [4.69, 9.17) is 14.7 Å². The van der Waals surface area contributed by atoms with Gasteiger partial charge in [0.25, 0.3) is 5.91 Å². The molecule has 0 radical (unpaired) electrons. The molecule has 116 valence electrons. The Labute approximate surface area is 129 Å². The third-order valence-corrected chi connectivity index (χ3v) is 3.33. The van der Waals surface area contributed by atoms with E-state index in [9.17, 15) is 4.79 Å². The predicted octanol–water partition coefficient (Wildman–Crippen LogP) is 1.81. The highest BCUT2D eigenvalue weighted by molar-refractivity contribution is 6.06. The second kappa shape index (κ2) is 8.05. The molecule has 1 aromatic carbocycles. The molecule has 1 fully saturated rings. The Kier molecular flexibility index (Phi) is 5.81. The summed E-state index contributed by atoms with van der Waals surface area (Å²) in [5.41, 5.74) is 0.625. The number of hydrogen-bond acceptors (Lipinski definition) is 5. The maximum absolute atomic E-state index is 12.0. The summed E-state index contributed by atoms with van der Waals surface area (Å²) in [7, 11) is 1.57. The van der Waals surface area contributed by atoms with Crippen LogP contribution in [-0.4, -0.2) is 32.3 Å². The van der Waals surface area contributed by atoms with Crippen LogP contribution in [0.1, 0.15) is 12.8 Å². The first kappa shape index (κ1) is 15.9. The van der Waals surface area contributed by atoms with Crippen LogP contribution in [0.4, 0.5) is 5.69 Å². The number of nitrogens with zero attached hydrogens (tertiary/aromatic N) is 1. The molecule has 1 aromatic rings. The normalized spacial score (nSPS) is 17.6. The number of anilines is 1. The largest absolute Gasteiger partial charge is 0.497 e. The van der Waals surface area contributed by atoms with Crippen LogP contribution in [0.3, 0.4) is 0 Å². The second-order valence-electron chi connectivity index (χ2n) is 4.90. The van der Waals surface area contributed by atoms with Gasteiger partial charge in [-0.2, -0.15) is 5.26 Å². The SMILES string of the molecule is COc1ccc(NC(=O)/C(C#N)=C\NCC2CCCO2)cc1. The van der Waals surface area contributed by atoms with Crippen molar-refractivity contribution in [3.63, 3.8) is 0 Å². The first-order chi connectivity index (χ1) is 10.7. The van der Waals surface area contributed by atoms with Crippen molar-refractivity contribution in [2.24, 2.45) is 0 Å². The van der Waals surface area contributed by atoms with E-state index in [0.29, 0.717) is 18.0 Å². The summed E-state index contributed by atoms with van der Waals surface area (Å²) in [5, 5.41) is 14.7. The Morgan fingerprint density at radius 2 is 2.27 bits per heavy atom. The Hall–Kier alpha value is -2.52. The van der Waals surface area contributed by atoms with Gasteiger partial charge in [0.1, 0.15) is 17.4 Å². The smallest absolute Gasteiger partial charge is 0.267 e. The van der Waals surface area contributed by atoms with Gasteiger partial charge in [-0.15, -0.1) is 0 Å². The molecule has 1 aliphatic rings. The van der Waals surface area contributed by atoms with Crippen molar-refractivity contribution in [3.8, 4) is 11.8 Å². The lowest BCUT2D eigenvalue weighted by molar-refractivity contribution is -0.112. The van der Waals surface area contributed by atoms with Crippen molar-refractivity contribution in [2.75, 3.05) is 25.6 Å². The lowest BCUT2D eigenvalue weighted by Crippen LogP contribution is -2.24. The zero-order valence-corrected chi connectivity index (χ0v) is 12.5. The fourth-order valence-electron chi connectivity index (χ4n) is 2.12. The molecule has 0 aliphatic carbocycles. The molecule has 6 heteroatoms. The number of amides is 1. The predicted molar refractivity (Wildman–Crippen MR) is 82.3 cm³/mol. The summed E-state index contributed by atoms with van der Waals surface area (Å²) in [6, 6.07) is 8.79. The van der Waals surface area contributed by atoms with Crippen molar-refractivity contribution in [1.29, 1.82) is 5.26 Å². The number of rotatable bonds is 6. The first-order valence-electron chi connectivity index (χ1n) is 7.13. The molecule has 1 saturated heterocycles. The number of ether oxygens (including phenoxy) is 2. The van der Waals surface area contributed by atoms with E-state index in [1.807, 2.05) is 6.07 Å². The number of carbonyl (C=O) groups excluding carboxylic acids is 1. The summed E-state index contributed by atoms with van der Waals surface area (Å²) in [5.74, 6) is 0.250. The van der Waals surface area contributed by atoms with E-state index in [1.165, 1.54) is 6.20 Å². The van der Waals surface area contributed by atoms with Crippen LogP contribution in [0.25, 0.3) is 0 Å². The van der Waals surface area contributed by atoms with Gasteiger partial charge in [-0.25, -0.2) is 0 Å². The summed E-state index contributed by atoms with van der Waals surface area (Å²) in [4.78, 5) is 12.0. The fourth-order valence-corrected chi connectivity index (χ4v) is 2.12. The Balaban J connectivity index is 1.88. The number of carbonyl (C=O) groups is 1. The molecule has 2 rings (SSSR count). The average molecular weight is 301 g/mol. The Morgan fingerprint density at radius 1 is 1.50 bits per heavy atom. The van der Waals surface area contributed by atoms with Crippen molar-refractivity contribution in [2.45, 2.75) is 18.9 Å². The highest BCUT2D eigenvalue weighted by Crippen LogP contribution is 2.15. The zero-order valence-electron chi connectivity index (χ0n) is 12.5. The van der Waals surface area contributed by atoms with Crippen molar-refractivity contribution in [3.05, 3.63) is 36.0 Å². The summed E-state index contributed by atoms with van der Waals surface area (Å²) in [6.45, 7) is 1.38. The number of hydrogen-bond donors (Lipinski definition) is 2. The van der Waals surface area contributed by atoms with E-state index >= 15 is 0 Å². The molecule has 2 N–H and O–H groups in total. The van der Waals surface area contributed by atoms with E-state index in [2.05, 4.69) is 10.6 Å². The van der Waals surface area contributed by atoms with Gasteiger partial charge in [0.2, 0.25) is 0 Å². The number of benzene rings is 1. The fraction of sp³-hybridized carbons (Fsp3) is 0.375. The van der Waals surface area contributed by atoms with Gasteiger partial charge in [0, 0.05) is 25.0 Å². The lowest BCUT2D eigenvalue weighted by Gasteiger charge is -2.09. The summed E-state index contributed by atoms with van der Waals surface area (Å²) >= 11 is 0. The molecule has 1 atom stereocenters. The first-order valence-corrected chi connectivity index (χ1v) is 7.13. The van der Waals surface area contributed by atoms with E-state index in [1.54, 1.807) is 31.4 Å². The summed E-state index contributed by atoms with van der Waals surface area (Å²) < 4.78 is 10.5. The van der Waals surface area contributed by atoms with Gasteiger partial charge in [0.15, 0.2) is 0 Å². The molecule has 1 heterocycles. The van der Waals surface area contributed by atoms with Gasteiger partial charge in [-0.1, -0.05) is 0 Å². The standard InChI is InChI=1S/C16H19N3O3/c1-21-14-6-4-13(5-7-14)19-16(20)12(9-17)10-18-11-15-3-2-8-22-15/h4-7,10,15,18H,2-3,8,11H2,1H3,(H,19,20)/b12-10-. The van der Waals surface area contributed by atoms with Crippen LogP contribution < -0.4 is 15.4 Å². The molecule has 1 unspecified atom stereocenters. The van der Waals surface area contributed by atoms with E-state index in [-0.39, 0.29) is 11.7 Å². The van der Waals surface area contributed by atoms with Gasteiger partial charge < -0.3 is 20.1 Å². The molecule has 22 heavy (non-hydrogen) atoms.